The Bertz CT molecular complexity index is 2670. The summed E-state index contributed by atoms with van der Waals surface area (Å²) in [6.45, 7) is 14.9. The topological polar surface area (TPSA) is 159 Å². The molecule has 0 saturated heterocycles. The lowest BCUT2D eigenvalue weighted by atomic mass is 9.36. The van der Waals surface area contributed by atoms with Crippen molar-refractivity contribution in [2.75, 3.05) is 26.4 Å². The monoisotopic (exact) mass is 1030 g/mol. The third-order valence-electron chi connectivity index (χ3n) is 17.4. The van der Waals surface area contributed by atoms with Gasteiger partial charge in [0.15, 0.2) is 32.5 Å². The minimum atomic E-state index is -1.59. The van der Waals surface area contributed by atoms with Crippen LogP contribution in [0.5, 0.6) is 23.0 Å². The molecule has 4 aliphatic rings. The number of carbonyl (C=O) groups is 5. The summed E-state index contributed by atoms with van der Waals surface area (Å²) >= 11 is 0. The van der Waals surface area contributed by atoms with Crippen molar-refractivity contribution >= 4 is 29.7 Å². The molecular weight excluding hydrogens is 953 g/mol. The summed E-state index contributed by atoms with van der Waals surface area (Å²) in [5.74, 6) is -0.739. The molecular formula is C62H74O13. The zero-order chi connectivity index (χ0) is 53.6. The number of ether oxygens (including phenoxy) is 8. The first kappa shape index (κ1) is 54.6. The number of Topliss-reactive ketones (excluding diaryl/α,β-unsaturated/α-hetero) is 1. The van der Waals surface area contributed by atoms with Crippen molar-refractivity contribution in [2.24, 2.45) is 39.4 Å². The van der Waals surface area contributed by atoms with E-state index in [9.17, 15) is 24.0 Å². The van der Waals surface area contributed by atoms with Gasteiger partial charge in [-0.3, -0.25) is 4.79 Å². The summed E-state index contributed by atoms with van der Waals surface area (Å²) in [6, 6.07) is 35.7. The highest BCUT2D eigenvalue weighted by molar-refractivity contribution is 5.85. The van der Waals surface area contributed by atoms with Gasteiger partial charge in [0.2, 0.25) is 0 Å². The van der Waals surface area contributed by atoms with Crippen LogP contribution >= 0.6 is 0 Å². The molecule has 0 radical (unpaired) electrons. The Balaban J connectivity index is 1.14. The molecule has 75 heavy (non-hydrogen) atoms. The summed E-state index contributed by atoms with van der Waals surface area (Å²) in [5, 5.41) is 0. The third-order valence-corrected chi connectivity index (χ3v) is 17.4. The van der Waals surface area contributed by atoms with Crippen LogP contribution in [0.2, 0.25) is 0 Å². The predicted molar refractivity (Wildman–Crippen MR) is 281 cm³/mol. The van der Waals surface area contributed by atoms with Gasteiger partial charge in [-0.15, -0.1) is 0 Å². The molecule has 0 heterocycles. The van der Waals surface area contributed by atoms with E-state index in [2.05, 4.69) is 41.5 Å². The zero-order valence-corrected chi connectivity index (χ0v) is 44.8. The van der Waals surface area contributed by atoms with E-state index in [-0.39, 0.29) is 52.8 Å². The Hall–Kier alpha value is -6.63. The zero-order valence-electron chi connectivity index (χ0n) is 44.8. The molecule has 8 rings (SSSR count). The van der Waals surface area contributed by atoms with Gasteiger partial charge in [-0.1, -0.05) is 125 Å². The number of benzene rings is 4. The molecule has 0 amide bonds. The van der Waals surface area contributed by atoms with Crippen molar-refractivity contribution < 1.29 is 61.9 Å². The Morgan fingerprint density at radius 3 is 1.57 bits per heavy atom. The molecule has 400 valence electrons. The summed E-state index contributed by atoms with van der Waals surface area (Å²) in [7, 11) is 0. The molecule has 0 aliphatic heterocycles. The number of para-hydroxylation sites is 4. The SMILES string of the molecule is C[C@H](C[C@H](OC(=O)COc1ccccc1)[C@@H](OC(=O)COc1ccccc1)C(C)(C)OC(=O)COc1ccccc1)C1=C2C[C@H](OC(=O)COc3ccccc3)[C@H]3[C@@]4(C)CCC(=O)C(C)(C)[C@@H]4CC[C@]3(C)[C@@]2(C)CC1. The summed E-state index contributed by atoms with van der Waals surface area (Å²) in [4.78, 5) is 69.5. The van der Waals surface area contributed by atoms with Crippen molar-refractivity contribution in [3.8, 4) is 23.0 Å². The van der Waals surface area contributed by atoms with Gasteiger partial charge in [0.25, 0.3) is 0 Å². The summed E-state index contributed by atoms with van der Waals surface area (Å²) < 4.78 is 48.9. The van der Waals surface area contributed by atoms with Gasteiger partial charge in [0.05, 0.1) is 0 Å². The highest BCUT2D eigenvalue weighted by Gasteiger charge is 2.70. The number of hydrogen-bond acceptors (Lipinski definition) is 13. The second-order valence-corrected chi connectivity index (χ2v) is 22.8. The molecule has 0 spiro atoms. The van der Waals surface area contributed by atoms with E-state index >= 15 is 0 Å². The van der Waals surface area contributed by atoms with Gasteiger partial charge in [-0.25, -0.2) is 19.2 Å². The highest BCUT2D eigenvalue weighted by atomic mass is 16.6. The second-order valence-electron chi connectivity index (χ2n) is 22.8. The standard InChI is InChI=1S/C62H74O13/c1-41(46-29-33-61(7)47(46)36-48(72-52(64)37-68-42-21-13-9-14-22-42)56-60(6)32-31-51(63)58(2,3)50(60)30-34-62(56,61)8)35-49(73-53(65)38-69-43-23-15-10-16-24-43)57(74-54(66)39-70-44-25-17-11-18-26-44)59(4,5)75-55(67)40-71-45-27-19-12-20-28-45/h9-28,41,48-50,56-57H,29-40H2,1-8H3/t41-,48+,49+,50+,56+,57-,60+,61+,62+/m1/s1. The minimum Gasteiger partial charge on any atom is -0.482 e. The van der Waals surface area contributed by atoms with E-state index in [0.29, 0.717) is 42.3 Å². The number of allylic oxidation sites excluding steroid dienone is 1. The second kappa shape index (κ2) is 22.7. The Morgan fingerprint density at radius 1 is 0.600 bits per heavy atom. The Labute approximate surface area is 441 Å². The van der Waals surface area contributed by atoms with Crippen LogP contribution in [0.4, 0.5) is 0 Å². The van der Waals surface area contributed by atoms with Crippen molar-refractivity contribution in [3.05, 3.63) is 132 Å². The first-order chi connectivity index (χ1) is 35.7. The fraction of sp³-hybridized carbons (Fsp3) is 0.500. The van der Waals surface area contributed by atoms with Crippen LogP contribution in [0, 0.1) is 39.4 Å². The van der Waals surface area contributed by atoms with Gasteiger partial charge in [0.1, 0.15) is 46.6 Å². The normalized spacial score (nSPS) is 25.9. The maximum Gasteiger partial charge on any atom is 0.344 e. The van der Waals surface area contributed by atoms with E-state index in [1.54, 1.807) is 98.8 Å². The number of rotatable bonds is 21. The van der Waals surface area contributed by atoms with Crippen LogP contribution in [0.1, 0.15) is 107 Å². The van der Waals surface area contributed by atoms with Crippen molar-refractivity contribution in [1.29, 1.82) is 0 Å². The van der Waals surface area contributed by atoms with Gasteiger partial charge < -0.3 is 37.9 Å². The Kier molecular flexibility index (Phi) is 16.5. The number of fused-ring (bicyclic) bond motifs is 5. The molecule has 4 aromatic carbocycles. The first-order valence-electron chi connectivity index (χ1n) is 26.5. The van der Waals surface area contributed by atoms with Crippen molar-refractivity contribution in [3.63, 3.8) is 0 Å². The van der Waals surface area contributed by atoms with Crippen LogP contribution in [0.25, 0.3) is 0 Å². The molecule has 13 heteroatoms. The van der Waals surface area contributed by atoms with E-state index in [1.165, 1.54) is 5.57 Å². The van der Waals surface area contributed by atoms with Crippen molar-refractivity contribution in [1.82, 2.24) is 0 Å². The molecule has 3 saturated carbocycles. The molecule has 0 bridgehead atoms. The average Bonchev–Trinajstić information content (AvgIpc) is 3.74. The lowest BCUT2D eigenvalue weighted by Gasteiger charge is -2.69. The first-order valence-corrected chi connectivity index (χ1v) is 26.5. The molecule has 4 aliphatic carbocycles. The van der Waals surface area contributed by atoms with E-state index in [1.807, 2.05) is 36.4 Å². The maximum absolute atomic E-state index is 14.1. The summed E-state index contributed by atoms with van der Waals surface area (Å²) in [5.41, 5.74) is -0.753. The number of ketones is 1. The van der Waals surface area contributed by atoms with E-state index in [4.69, 9.17) is 37.9 Å². The smallest absolute Gasteiger partial charge is 0.344 e. The summed E-state index contributed by atoms with van der Waals surface area (Å²) in [6.07, 6.45) is 2.00. The van der Waals surface area contributed by atoms with Crippen LogP contribution < -0.4 is 18.9 Å². The molecule has 4 aromatic rings. The van der Waals surface area contributed by atoms with E-state index in [0.717, 1.165) is 31.3 Å². The fourth-order valence-electron chi connectivity index (χ4n) is 13.7. The quantitative estimate of drug-likeness (QED) is 0.0441. The lowest BCUT2D eigenvalue weighted by molar-refractivity contribution is -0.218. The highest BCUT2D eigenvalue weighted by Crippen LogP contribution is 2.74. The molecule has 13 nitrogen and oxygen atoms in total. The largest absolute Gasteiger partial charge is 0.482 e. The Morgan fingerprint density at radius 2 is 1.07 bits per heavy atom. The molecule has 9 atom stereocenters. The third kappa shape index (κ3) is 11.9. The molecule has 3 fully saturated rings. The average molecular weight is 1030 g/mol. The van der Waals surface area contributed by atoms with E-state index < -0.39 is 73.0 Å². The predicted octanol–water partition coefficient (Wildman–Crippen LogP) is 11.3. The van der Waals surface area contributed by atoms with Gasteiger partial charge in [-0.2, -0.15) is 0 Å². The van der Waals surface area contributed by atoms with Crippen LogP contribution in [0.3, 0.4) is 0 Å². The number of esters is 4. The van der Waals surface area contributed by atoms with Crippen molar-refractivity contribution in [2.45, 2.75) is 131 Å². The number of carbonyl (C=O) groups excluding carboxylic acids is 5. The van der Waals surface area contributed by atoms with Gasteiger partial charge >= 0.3 is 23.9 Å². The maximum atomic E-state index is 14.1. The minimum absolute atomic E-state index is 0.0678. The van der Waals surface area contributed by atoms with Crippen LogP contribution in [-0.4, -0.2) is 80.0 Å². The molecule has 0 N–H and O–H groups in total. The van der Waals surface area contributed by atoms with Crippen LogP contribution in [-0.2, 0) is 42.9 Å². The number of hydrogen-bond donors (Lipinski definition) is 0. The molecule has 0 unspecified atom stereocenters. The molecule has 0 aromatic heterocycles. The fourth-order valence-corrected chi connectivity index (χ4v) is 13.7. The van der Waals surface area contributed by atoms with Crippen LogP contribution in [0.15, 0.2) is 132 Å². The van der Waals surface area contributed by atoms with Gasteiger partial charge in [-0.05, 0) is 129 Å². The lowest BCUT2D eigenvalue weighted by Crippen LogP contribution is -2.66. The van der Waals surface area contributed by atoms with Gasteiger partial charge in [0, 0.05) is 24.2 Å².